The summed E-state index contributed by atoms with van der Waals surface area (Å²) in [5.41, 5.74) is 2.54. The van der Waals surface area contributed by atoms with Crippen LogP contribution in [0.1, 0.15) is 25.2 Å². The number of aromatic nitrogens is 2. The highest BCUT2D eigenvalue weighted by Gasteiger charge is 2.15. The van der Waals surface area contributed by atoms with Crippen molar-refractivity contribution in [3.05, 3.63) is 11.4 Å². The van der Waals surface area contributed by atoms with Gasteiger partial charge in [0.05, 0.1) is 28.9 Å². The number of aliphatic hydroxyl groups excluding tert-OH is 1. The van der Waals surface area contributed by atoms with Gasteiger partial charge in [0, 0.05) is 12.3 Å². The first-order chi connectivity index (χ1) is 8.32. The molecule has 0 aromatic carbocycles. The van der Waals surface area contributed by atoms with Crippen molar-refractivity contribution in [1.29, 1.82) is 0 Å². The summed E-state index contributed by atoms with van der Waals surface area (Å²) in [5.74, 6) is 0.270. The molecule has 0 saturated heterocycles. The van der Waals surface area contributed by atoms with Crippen LogP contribution in [0.15, 0.2) is 0 Å². The van der Waals surface area contributed by atoms with Crippen LogP contribution in [0.5, 0.6) is 0 Å². The number of anilines is 1. The normalized spacial score (nSPS) is 14.3. The minimum absolute atomic E-state index is 0.0480. The molecule has 0 aliphatic carbocycles. The minimum Gasteiger partial charge on any atom is -0.392 e. The van der Waals surface area contributed by atoms with Crippen molar-refractivity contribution in [1.82, 2.24) is 9.78 Å². The molecule has 0 saturated carbocycles. The summed E-state index contributed by atoms with van der Waals surface area (Å²) in [6.07, 6.45) is -0.412. The Morgan fingerprint density at radius 3 is 2.56 bits per heavy atom. The smallest absolute Gasteiger partial charge is 0.234 e. The number of carbonyl (C=O) groups excluding carboxylic acids is 1. The Balaban J connectivity index is 2.55. The molecule has 0 aliphatic rings. The SMILES string of the molecule is Cc1nn(C)c(C)c1NC(=O)CSC(C)C(C)O. The van der Waals surface area contributed by atoms with Crippen molar-refractivity contribution in [2.45, 2.75) is 39.0 Å². The van der Waals surface area contributed by atoms with Crippen LogP contribution in [0.2, 0.25) is 0 Å². The zero-order chi connectivity index (χ0) is 13.9. The largest absolute Gasteiger partial charge is 0.392 e. The molecule has 2 N–H and O–H groups in total. The molecule has 1 aromatic heterocycles. The Kier molecular flexibility index (Phi) is 5.22. The van der Waals surface area contributed by atoms with E-state index in [0.717, 1.165) is 17.1 Å². The van der Waals surface area contributed by atoms with Crippen LogP contribution in [0.4, 0.5) is 5.69 Å². The number of aryl methyl sites for hydroxylation is 2. The summed E-state index contributed by atoms with van der Waals surface area (Å²) < 4.78 is 1.75. The van der Waals surface area contributed by atoms with Gasteiger partial charge in [-0.25, -0.2) is 0 Å². The van der Waals surface area contributed by atoms with Gasteiger partial charge >= 0.3 is 0 Å². The Hall–Kier alpha value is -1.01. The van der Waals surface area contributed by atoms with E-state index in [2.05, 4.69) is 10.4 Å². The predicted molar refractivity (Wildman–Crippen MR) is 74.9 cm³/mol. The zero-order valence-electron chi connectivity index (χ0n) is 11.5. The molecule has 0 radical (unpaired) electrons. The predicted octanol–water partition coefficient (Wildman–Crippen LogP) is 1.48. The highest BCUT2D eigenvalue weighted by molar-refractivity contribution is 8.00. The summed E-state index contributed by atoms with van der Waals surface area (Å²) in [5, 5.41) is 16.5. The summed E-state index contributed by atoms with van der Waals surface area (Å²) in [6.45, 7) is 7.42. The lowest BCUT2D eigenvalue weighted by molar-refractivity contribution is -0.113. The van der Waals surface area contributed by atoms with E-state index in [1.165, 1.54) is 11.8 Å². The van der Waals surface area contributed by atoms with Crippen LogP contribution in [0.25, 0.3) is 0 Å². The number of nitrogens with zero attached hydrogens (tertiary/aromatic N) is 2. The molecule has 2 atom stereocenters. The lowest BCUT2D eigenvalue weighted by atomic mass is 10.3. The second kappa shape index (κ2) is 6.24. The summed E-state index contributed by atoms with van der Waals surface area (Å²) in [7, 11) is 1.85. The molecule has 1 heterocycles. The number of rotatable bonds is 5. The van der Waals surface area contributed by atoms with Gasteiger partial charge in [0.25, 0.3) is 0 Å². The van der Waals surface area contributed by atoms with Crippen molar-refractivity contribution < 1.29 is 9.90 Å². The number of thioether (sulfide) groups is 1. The molecule has 1 rings (SSSR count). The van der Waals surface area contributed by atoms with Gasteiger partial charge in [-0.15, -0.1) is 11.8 Å². The third-order valence-electron chi connectivity index (χ3n) is 2.93. The van der Waals surface area contributed by atoms with Gasteiger partial charge in [-0.3, -0.25) is 9.48 Å². The van der Waals surface area contributed by atoms with Gasteiger partial charge in [-0.2, -0.15) is 5.10 Å². The fourth-order valence-electron chi connectivity index (χ4n) is 1.48. The lowest BCUT2D eigenvalue weighted by Gasteiger charge is -2.13. The maximum absolute atomic E-state index is 11.8. The molecule has 0 spiro atoms. The minimum atomic E-state index is -0.412. The van der Waals surface area contributed by atoms with Crippen LogP contribution in [0, 0.1) is 13.8 Å². The fourth-order valence-corrected chi connectivity index (χ4v) is 2.24. The highest BCUT2D eigenvalue weighted by Crippen LogP contribution is 2.19. The Bertz CT molecular complexity index is 429. The molecule has 0 bridgehead atoms. The molecule has 18 heavy (non-hydrogen) atoms. The summed E-state index contributed by atoms with van der Waals surface area (Å²) in [6, 6.07) is 0. The number of aliphatic hydroxyl groups is 1. The van der Waals surface area contributed by atoms with Gasteiger partial charge < -0.3 is 10.4 Å². The third-order valence-corrected chi connectivity index (χ3v) is 4.28. The van der Waals surface area contributed by atoms with E-state index >= 15 is 0 Å². The number of carbonyl (C=O) groups is 1. The monoisotopic (exact) mass is 271 g/mol. The van der Waals surface area contributed by atoms with Crippen molar-refractivity contribution >= 4 is 23.4 Å². The zero-order valence-corrected chi connectivity index (χ0v) is 12.3. The van der Waals surface area contributed by atoms with E-state index in [1.807, 2.05) is 27.8 Å². The first-order valence-electron chi connectivity index (χ1n) is 5.92. The van der Waals surface area contributed by atoms with Crippen molar-refractivity contribution in [3.63, 3.8) is 0 Å². The molecular formula is C12H21N3O2S. The maximum atomic E-state index is 11.8. The molecule has 0 aliphatic heterocycles. The molecule has 2 unspecified atom stereocenters. The van der Waals surface area contributed by atoms with E-state index in [9.17, 15) is 9.90 Å². The average Bonchev–Trinajstić information content (AvgIpc) is 2.52. The van der Waals surface area contributed by atoms with Crippen molar-refractivity contribution in [2.24, 2.45) is 7.05 Å². The molecule has 0 fully saturated rings. The quantitative estimate of drug-likeness (QED) is 0.851. The van der Waals surface area contributed by atoms with Gasteiger partial charge in [0.15, 0.2) is 0 Å². The van der Waals surface area contributed by atoms with Crippen molar-refractivity contribution in [2.75, 3.05) is 11.1 Å². The van der Waals surface area contributed by atoms with E-state index in [1.54, 1.807) is 11.6 Å². The van der Waals surface area contributed by atoms with Gasteiger partial charge in [0.1, 0.15) is 0 Å². The number of hydrogen-bond donors (Lipinski definition) is 2. The van der Waals surface area contributed by atoms with E-state index in [4.69, 9.17) is 0 Å². The maximum Gasteiger partial charge on any atom is 0.234 e. The van der Waals surface area contributed by atoms with Crippen LogP contribution in [-0.4, -0.2) is 37.9 Å². The number of nitrogens with one attached hydrogen (secondary N) is 1. The van der Waals surface area contributed by atoms with Gasteiger partial charge in [0.2, 0.25) is 5.91 Å². The second-order valence-electron chi connectivity index (χ2n) is 4.47. The van der Waals surface area contributed by atoms with Gasteiger partial charge in [-0.1, -0.05) is 6.92 Å². The van der Waals surface area contributed by atoms with Crippen LogP contribution in [0.3, 0.4) is 0 Å². The molecule has 5 nitrogen and oxygen atoms in total. The Morgan fingerprint density at radius 2 is 2.11 bits per heavy atom. The third kappa shape index (κ3) is 3.74. The number of amides is 1. The lowest BCUT2D eigenvalue weighted by Crippen LogP contribution is -2.21. The molecular weight excluding hydrogens is 250 g/mol. The van der Waals surface area contributed by atoms with E-state index in [-0.39, 0.29) is 11.2 Å². The second-order valence-corrected chi connectivity index (χ2v) is 5.84. The Labute approximate surface area is 112 Å². The van der Waals surface area contributed by atoms with Crippen LogP contribution >= 0.6 is 11.8 Å². The summed E-state index contributed by atoms with van der Waals surface area (Å²) >= 11 is 1.44. The fraction of sp³-hybridized carbons (Fsp3) is 0.667. The molecule has 102 valence electrons. The van der Waals surface area contributed by atoms with E-state index < -0.39 is 6.10 Å². The average molecular weight is 271 g/mol. The van der Waals surface area contributed by atoms with E-state index in [0.29, 0.717) is 5.75 Å². The number of hydrogen-bond acceptors (Lipinski definition) is 4. The molecule has 6 heteroatoms. The van der Waals surface area contributed by atoms with Crippen molar-refractivity contribution in [3.8, 4) is 0 Å². The van der Waals surface area contributed by atoms with Crippen LogP contribution < -0.4 is 5.32 Å². The standard InChI is InChI=1S/C12H21N3O2S/c1-7-12(8(2)15(5)14-7)13-11(17)6-18-10(4)9(3)16/h9-10,16H,6H2,1-5H3,(H,13,17). The highest BCUT2D eigenvalue weighted by atomic mass is 32.2. The molecule has 1 aromatic rings. The summed E-state index contributed by atoms with van der Waals surface area (Å²) in [4.78, 5) is 11.8. The molecule has 1 amide bonds. The Morgan fingerprint density at radius 1 is 1.50 bits per heavy atom. The first-order valence-corrected chi connectivity index (χ1v) is 6.97. The first kappa shape index (κ1) is 15.0. The van der Waals surface area contributed by atoms with Gasteiger partial charge in [-0.05, 0) is 20.8 Å². The van der Waals surface area contributed by atoms with Crippen LogP contribution in [-0.2, 0) is 11.8 Å². The topological polar surface area (TPSA) is 67.2 Å².